The summed E-state index contributed by atoms with van der Waals surface area (Å²) >= 11 is 0. The van der Waals surface area contributed by atoms with E-state index in [0.717, 1.165) is 19.6 Å². The van der Waals surface area contributed by atoms with Crippen LogP contribution in [0.1, 0.15) is 82.3 Å². The minimum Gasteiger partial charge on any atom is -0.257 e. The molecular formula is C28H41N2+. The van der Waals surface area contributed by atoms with Gasteiger partial charge in [-0.05, 0) is 30.5 Å². The van der Waals surface area contributed by atoms with Gasteiger partial charge in [0.1, 0.15) is 19.6 Å². The van der Waals surface area contributed by atoms with E-state index < -0.39 is 0 Å². The van der Waals surface area contributed by atoms with E-state index >= 15 is 0 Å². The lowest BCUT2D eigenvalue weighted by Crippen LogP contribution is -2.31. The van der Waals surface area contributed by atoms with Crippen LogP contribution in [-0.4, -0.2) is 34.9 Å². The van der Waals surface area contributed by atoms with E-state index in [1.165, 1.54) is 87.7 Å². The third kappa shape index (κ3) is 7.31. The van der Waals surface area contributed by atoms with Crippen LogP contribution in [0.15, 0.2) is 60.7 Å². The van der Waals surface area contributed by atoms with Crippen LogP contribution < -0.4 is 0 Å². The van der Waals surface area contributed by atoms with Gasteiger partial charge < -0.3 is 0 Å². The predicted octanol–water partition coefficient (Wildman–Crippen LogP) is 6.88. The van der Waals surface area contributed by atoms with Gasteiger partial charge >= 0.3 is 0 Å². The maximum atomic E-state index is 2.63. The average molecular weight is 406 g/mol. The van der Waals surface area contributed by atoms with Crippen molar-refractivity contribution in [2.24, 2.45) is 0 Å². The van der Waals surface area contributed by atoms with Crippen molar-refractivity contribution in [1.29, 1.82) is 0 Å². The van der Waals surface area contributed by atoms with Crippen LogP contribution in [-0.2, 0) is 6.54 Å². The Morgan fingerprint density at radius 2 is 1.27 bits per heavy atom. The SMILES string of the molecule is CCCCCCCCCCCCN1CC[N+](Cc2ccccc2)=C1c1ccccc1. The smallest absolute Gasteiger partial charge is 0.257 e. The van der Waals surface area contributed by atoms with Gasteiger partial charge in [0.2, 0.25) is 0 Å². The maximum Gasteiger partial charge on any atom is 0.279 e. The first-order valence-corrected chi connectivity index (χ1v) is 12.3. The summed E-state index contributed by atoms with van der Waals surface area (Å²) in [7, 11) is 0. The zero-order valence-electron chi connectivity index (χ0n) is 19.1. The van der Waals surface area contributed by atoms with Gasteiger partial charge in [0.15, 0.2) is 0 Å². The quantitative estimate of drug-likeness (QED) is 0.245. The Morgan fingerprint density at radius 1 is 0.700 bits per heavy atom. The Morgan fingerprint density at radius 3 is 1.90 bits per heavy atom. The largest absolute Gasteiger partial charge is 0.279 e. The molecule has 2 aromatic rings. The number of unbranched alkanes of at least 4 members (excludes halogenated alkanes) is 9. The van der Waals surface area contributed by atoms with Gasteiger partial charge in [-0.2, -0.15) is 0 Å². The van der Waals surface area contributed by atoms with Gasteiger partial charge in [-0.1, -0.05) is 107 Å². The molecule has 0 radical (unpaired) electrons. The lowest BCUT2D eigenvalue weighted by atomic mass is 10.1. The zero-order valence-corrected chi connectivity index (χ0v) is 19.1. The van der Waals surface area contributed by atoms with Crippen molar-refractivity contribution in [1.82, 2.24) is 4.90 Å². The van der Waals surface area contributed by atoms with Gasteiger partial charge in [-0.25, -0.2) is 0 Å². The molecule has 0 fully saturated rings. The molecule has 0 unspecified atom stereocenters. The molecule has 162 valence electrons. The molecule has 1 aliphatic rings. The molecular weight excluding hydrogens is 364 g/mol. The molecule has 1 heterocycles. The molecule has 0 aromatic heterocycles. The van der Waals surface area contributed by atoms with E-state index in [9.17, 15) is 0 Å². The normalized spacial score (nSPS) is 14.0. The lowest BCUT2D eigenvalue weighted by Gasteiger charge is -2.14. The Hall–Kier alpha value is -2.09. The molecule has 0 atom stereocenters. The number of hydrogen-bond acceptors (Lipinski definition) is 1. The summed E-state index contributed by atoms with van der Waals surface area (Å²) in [6.07, 6.45) is 14.0. The van der Waals surface area contributed by atoms with Gasteiger partial charge in [-0.15, -0.1) is 0 Å². The first-order chi connectivity index (χ1) is 14.9. The van der Waals surface area contributed by atoms with Crippen molar-refractivity contribution in [2.75, 3.05) is 19.6 Å². The molecule has 2 heteroatoms. The predicted molar refractivity (Wildman–Crippen MR) is 129 cm³/mol. The Balaban J connectivity index is 1.48. The third-order valence-corrected chi connectivity index (χ3v) is 6.27. The molecule has 30 heavy (non-hydrogen) atoms. The van der Waals surface area contributed by atoms with Crippen LogP contribution in [0.5, 0.6) is 0 Å². The van der Waals surface area contributed by atoms with Gasteiger partial charge in [0, 0.05) is 0 Å². The second-order valence-corrected chi connectivity index (χ2v) is 8.77. The Kier molecular flexibility index (Phi) is 9.99. The summed E-state index contributed by atoms with van der Waals surface area (Å²) in [5.74, 6) is 1.43. The van der Waals surface area contributed by atoms with Gasteiger partial charge in [0.25, 0.3) is 5.84 Å². The van der Waals surface area contributed by atoms with Crippen molar-refractivity contribution >= 4 is 5.84 Å². The maximum absolute atomic E-state index is 2.63. The Labute approximate surface area is 184 Å². The standard InChI is InChI=1S/C28H41N2/c1-2-3-4-5-6-7-8-9-10-17-22-29-23-24-30(25-26-18-13-11-14-19-26)28(29)27-20-15-12-16-21-27/h11-16,18-21H,2-10,17,22-25H2,1H3/q+1. The summed E-state index contributed by atoms with van der Waals surface area (Å²) in [5, 5.41) is 0. The lowest BCUT2D eigenvalue weighted by molar-refractivity contribution is -0.533. The van der Waals surface area contributed by atoms with Crippen LogP contribution >= 0.6 is 0 Å². The molecule has 1 aliphatic heterocycles. The molecule has 0 bridgehead atoms. The third-order valence-electron chi connectivity index (χ3n) is 6.27. The highest BCUT2D eigenvalue weighted by atomic mass is 15.3. The fourth-order valence-electron chi connectivity index (χ4n) is 4.57. The fourth-order valence-corrected chi connectivity index (χ4v) is 4.57. The molecule has 0 aliphatic carbocycles. The summed E-state index contributed by atoms with van der Waals surface area (Å²) in [6, 6.07) is 21.9. The van der Waals surface area contributed by atoms with Crippen molar-refractivity contribution in [3.05, 3.63) is 71.8 Å². The molecule has 0 spiro atoms. The van der Waals surface area contributed by atoms with Crippen molar-refractivity contribution in [3.63, 3.8) is 0 Å². The van der Waals surface area contributed by atoms with Crippen LogP contribution in [0.25, 0.3) is 0 Å². The molecule has 0 N–H and O–H groups in total. The number of rotatable bonds is 14. The zero-order chi connectivity index (χ0) is 20.9. The topological polar surface area (TPSA) is 6.25 Å². The monoisotopic (exact) mass is 405 g/mol. The van der Waals surface area contributed by atoms with E-state index in [0.29, 0.717) is 0 Å². The van der Waals surface area contributed by atoms with E-state index in [-0.39, 0.29) is 0 Å². The number of hydrogen-bond donors (Lipinski definition) is 0. The number of benzene rings is 2. The number of amidine groups is 1. The van der Waals surface area contributed by atoms with Crippen molar-refractivity contribution in [3.8, 4) is 0 Å². The van der Waals surface area contributed by atoms with E-state index in [1.807, 2.05) is 0 Å². The van der Waals surface area contributed by atoms with E-state index in [2.05, 4.69) is 77.1 Å². The first kappa shape index (κ1) is 22.6. The average Bonchev–Trinajstić information content (AvgIpc) is 3.18. The van der Waals surface area contributed by atoms with Crippen LogP contribution in [0.4, 0.5) is 0 Å². The second-order valence-electron chi connectivity index (χ2n) is 8.77. The highest BCUT2D eigenvalue weighted by molar-refractivity contribution is 5.95. The van der Waals surface area contributed by atoms with Crippen LogP contribution in [0.2, 0.25) is 0 Å². The van der Waals surface area contributed by atoms with Gasteiger partial charge in [0.05, 0.1) is 12.1 Å². The molecule has 2 aromatic carbocycles. The number of nitrogens with zero attached hydrogens (tertiary/aromatic N) is 2. The van der Waals surface area contributed by atoms with Crippen molar-refractivity contribution < 1.29 is 4.58 Å². The molecule has 0 saturated heterocycles. The van der Waals surface area contributed by atoms with Crippen LogP contribution in [0.3, 0.4) is 0 Å². The summed E-state index contributed by atoms with van der Waals surface area (Å²) in [4.78, 5) is 2.63. The molecule has 0 amide bonds. The van der Waals surface area contributed by atoms with Crippen molar-refractivity contribution in [2.45, 2.75) is 77.7 Å². The molecule has 2 nitrogen and oxygen atoms in total. The minimum absolute atomic E-state index is 1.000. The summed E-state index contributed by atoms with van der Waals surface area (Å²) in [6.45, 7) is 6.75. The highest BCUT2D eigenvalue weighted by Crippen LogP contribution is 2.16. The van der Waals surface area contributed by atoms with E-state index in [1.54, 1.807) is 0 Å². The Bertz CT molecular complexity index is 736. The molecule has 0 saturated carbocycles. The molecule has 3 rings (SSSR count). The first-order valence-electron chi connectivity index (χ1n) is 12.3. The minimum atomic E-state index is 1.000. The van der Waals surface area contributed by atoms with E-state index in [4.69, 9.17) is 0 Å². The second kappa shape index (κ2) is 13.3. The fraction of sp³-hybridized carbons (Fsp3) is 0.536. The summed E-state index contributed by atoms with van der Waals surface area (Å²) in [5.41, 5.74) is 2.75. The van der Waals surface area contributed by atoms with Crippen LogP contribution in [0, 0.1) is 0 Å². The highest BCUT2D eigenvalue weighted by Gasteiger charge is 2.31. The summed E-state index contributed by atoms with van der Waals surface area (Å²) < 4.78 is 2.57. The van der Waals surface area contributed by atoms with Gasteiger partial charge in [-0.3, -0.25) is 9.48 Å².